The molecule has 0 saturated carbocycles. The van der Waals surface area contributed by atoms with Crippen molar-refractivity contribution in [1.82, 2.24) is 10.6 Å². The van der Waals surface area contributed by atoms with Crippen LogP contribution in [0.4, 0.5) is 4.39 Å². The van der Waals surface area contributed by atoms with Crippen molar-refractivity contribution >= 4 is 29.1 Å². The first kappa shape index (κ1) is 18.5. The van der Waals surface area contributed by atoms with E-state index in [0.29, 0.717) is 5.11 Å². The fourth-order valence-corrected chi connectivity index (χ4v) is 3.20. The first-order valence-electron chi connectivity index (χ1n) is 7.66. The quantitative estimate of drug-likeness (QED) is 0.438. The van der Waals surface area contributed by atoms with Crippen LogP contribution in [0.3, 0.4) is 0 Å². The van der Waals surface area contributed by atoms with Crippen LogP contribution >= 0.6 is 24.0 Å². The molecule has 0 bridgehead atoms. The third kappa shape index (κ3) is 5.69. The number of hydrogen-bond donors (Lipinski definition) is 2. The lowest BCUT2D eigenvalue weighted by Gasteiger charge is -2.18. The third-order valence-corrected chi connectivity index (χ3v) is 4.70. The molecule has 2 aromatic carbocycles. The summed E-state index contributed by atoms with van der Waals surface area (Å²) in [7, 11) is 1.45. The first-order chi connectivity index (χ1) is 11.6. The van der Waals surface area contributed by atoms with Gasteiger partial charge in [-0.2, -0.15) is 0 Å². The molecule has 0 heterocycles. The summed E-state index contributed by atoms with van der Waals surface area (Å²) in [4.78, 5) is 1.24. The summed E-state index contributed by atoms with van der Waals surface area (Å²) in [5.74, 6) is 0.781. The molecule has 0 aliphatic rings. The molecule has 0 radical (unpaired) electrons. The molecule has 128 valence electrons. The Morgan fingerprint density at radius 3 is 2.67 bits per heavy atom. The molecule has 0 fully saturated rings. The van der Waals surface area contributed by atoms with Gasteiger partial charge in [0, 0.05) is 17.2 Å². The zero-order valence-electron chi connectivity index (χ0n) is 13.7. The smallest absolute Gasteiger partial charge is 0.166 e. The maximum atomic E-state index is 13.8. The van der Waals surface area contributed by atoms with E-state index < -0.39 is 0 Å². The van der Waals surface area contributed by atoms with E-state index in [0.717, 1.165) is 17.9 Å². The second-order valence-corrected chi connectivity index (χ2v) is 6.75. The van der Waals surface area contributed by atoms with Crippen LogP contribution in [0.1, 0.15) is 18.5 Å². The Bertz CT molecular complexity index is 667. The monoisotopic (exact) mass is 364 g/mol. The number of thioether (sulfide) groups is 1. The number of methoxy groups -OCH3 is 1. The van der Waals surface area contributed by atoms with Crippen molar-refractivity contribution in [2.24, 2.45) is 0 Å². The van der Waals surface area contributed by atoms with Crippen molar-refractivity contribution in [2.45, 2.75) is 17.9 Å². The van der Waals surface area contributed by atoms with Crippen LogP contribution in [0.25, 0.3) is 0 Å². The van der Waals surface area contributed by atoms with Crippen molar-refractivity contribution in [2.75, 3.05) is 19.4 Å². The predicted molar refractivity (Wildman–Crippen MR) is 102 cm³/mol. The van der Waals surface area contributed by atoms with Crippen LogP contribution in [0.2, 0.25) is 0 Å². The maximum Gasteiger partial charge on any atom is 0.166 e. The average Bonchev–Trinajstić information content (AvgIpc) is 2.59. The highest BCUT2D eigenvalue weighted by Gasteiger charge is 2.10. The molecule has 3 nitrogen and oxygen atoms in total. The summed E-state index contributed by atoms with van der Waals surface area (Å²) in [6.45, 7) is 2.70. The molecule has 0 amide bonds. The van der Waals surface area contributed by atoms with Gasteiger partial charge in [-0.15, -0.1) is 11.8 Å². The Morgan fingerprint density at radius 2 is 2.00 bits per heavy atom. The molecule has 0 aliphatic carbocycles. The molecule has 24 heavy (non-hydrogen) atoms. The van der Waals surface area contributed by atoms with E-state index in [1.807, 2.05) is 31.2 Å². The zero-order chi connectivity index (χ0) is 17.4. The minimum atomic E-state index is -0.373. The summed E-state index contributed by atoms with van der Waals surface area (Å²) in [5, 5.41) is 6.90. The van der Waals surface area contributed by atoms with Crippen LogP contribution in [-0.4, -0.2) is 24.5 Å². The Hall–Kier alpha value is -1.79. The molecule has 2 N–H and O–H groups in total. The van der Waals surface area contributed by atoms with E-state index in [9.17, 15) is 4.39 Å². The van der Waals surface area contributed by atoms with E-state index in [1.54, 1.807) is 17.8 Å². The average molecular weight is 365 g/mol. The molecule has 2 rings (SSSR count). The van der Waals surface area contributed by atoms with Crippen molar-refractivity contribution in [1.29, 1.82) is 0 Å². The van der Waals surface area contributed by atoms with Gasteiger partial charge in [-0.1, -0.05) is 24.3 Å². The lowest BCUT2D eigenvalue weighted by molar-refractivity contribution is 0.386. The van der Waals surface area contributed by atoms with E-state index >= 15 is 0 Å². The Morgan fingerprint density at radius 1 is 1.25 bits per heavy atom. The highest BCUT2D eigenvalue weighted by Crippen LogP contribution is 2.21. The minimum absolute atomic E-state index is 0.0906. The predicted octanol–water partition coefficient (Wildman–Crippen LogP) is 4.15. The molecule has 0 unspecified atom stereocenters. The normalized spacial score (nSPS) is 11.6. The number of halogens is 1. The van der Waals surface area contributed by atoms with Gasteiger partial charge in [0.2, 0.25) is 0 Å². The fraction of sp³-hybridized carbons (Fsp3) is 0.278. The van der Waals surface area contributed by atoms with Gasteiger partial charge in [0.15, 0.2) is 16.7 Å². The van der Waals surface area contributed by atoms with E-state index in [4.69, 9.17) is 17.0 Å². The second kappa shape index (κ2) is 9.49. The highest BCUT2D eigenvalue weighted by molar-refractivity contribution is 7.99. The van der Waals surface area contributed by atoms with Crippen molar-refractivity contribution in [3.05, 3.63) is 59.9 Å². The third-order valence-electron chi connectivity index (χ3n) is 3.42. The summed E-state index contributed by atoms with van der Waals surface area (Å²) in [6, 6.07) is 15.0. The van der Waals surface area contributed by atoms with Crippen molar-refractivity contribution < 1.29 is 9.13 Å². The van der Waals surface area contributed by atoms with Gasteiger partial charge in [-0.25, -0.2) is 4.39 Å². The summed E-state index contributed by atoms with van der Waals surface area (Å²) in [5.41, 5.74) is 0.816. The largest absolute Gasteiger partial charge is 0.494 e. The molecular formula is C18H21FN2OS2. The van der Waals surface area contributed by atoms with Gasteiger partial charge >= 0.3 is 0 Å². The van der Waals surface area contributed by atoms with Crippen LogP contribution in [0.5, 0.6) is 5.75 Å². The SMILES string of the molecule is COc1ccc([C@@H](C)NC(=S)NCCSc2ccccc2)cc1F. The molecule has 0 spiro atoms. The number of benzene rings is 2. The number of nitrogens with one attached hydrogen (secondary N) is 2. The standard InChI is InChI=1S/C18H21FN2OS2/c1-13(14-8-9-17(22-2)16(19)12-14)21-18(23)20-10-11-24-15-6-4-3-5-7-15/h3-9,12-13H,10-11H2,1-2H3,(H2,20,21,23)/t13-/m1/s1. The van der Waals surface area contributed by atoms with Gasteiger partial charge in [0.05, 0.1) is 13.2 Å². The fourth-order valence-electron chi connectivity index (χ4n) is 2.13. The molecule has 2 aromatic rings. The Kier molecular flexibility index (Phi) is 7.34. The topological polar surface area (TPSA) is 33.3 Å². The van der Waals surface area contributed by atoms with Crippen LogP contribution < -0.4 is 15.4 Å². The number of thiocarbonyl (C=S) groups is 1. The van der Waals surface area contributed by atoms with Crippen LogP contribution in [0, 0.1) is 5.82 Å². The summed E-state index contributed by atoms with van der Waals surface area (Å²) in [6.07, 6.45) is 0. The number of rotatable bonds is 7. The lowest BCUT2D eigenvalue weighted by atomic mass is 10.1. The molecule has 1 atom stereocenters. The zero-order valence-corrected chi connectivity index (χ0v) is 15.3. The van der Waals surface area contributed by atoms with Crippen LogP contribution in [0.15, 0.2) is 53.4 Å². The van der Waals surface area contributed by atoms with E-state index in [2.05, 4.69) is 22.8 Å². The van der Waals surface area contributed by atoms with Gasteiger partial charge in [0.25, 0.3) is 0 Å². The molecule has 6 heteroatoms. The number of ether oxygens (including phenoxy) is 1. The molecule has 0 aromatic heterocycles. The second-order valence-electron chi connectivity index (χ2n) is 5.18. The maximum absolute atomic E-state index is 13.8. The van der Waals surface area contributed by atoms with Crippen LogP contribution in [-0.2, 0) is 0 Å². The highest BCUT2D eigenvalue weighted by atomic mass is 32.2. The molecular weight excluding hydrogens is 343 g/mol. The Balaban J connectivity index is 1.74. The summed E-state index contributed by atoms with van der Waals surface area (Å²) < 4.78 is 18.7. The number of hydrogen-bond acceptors (Lipinski definition) is 3. The summed E-state index contributed by atoms with van der Waals surface area (Å²) >= 11 is 7.06. The van der Waals surface area contributed by atoms with Gasteiger partial charge in [-0.3, -0.25) is 0 Å². The minimum Gasteiger partial charge on any atom is -0.494 e. The van der Waals surface area contributed by atoms with Gasteiger partial charge < -0.3 is 15.4 Å². The Labute approximate surface area is 152 Å². The van der Waals surface area contributed by atoms with E-state index in [-0.39, 0.29) is 17.6 Å². The van der Waals surface area contributed by atoms with Crippen molar-refractivity contribution in [3.8, 4) is 5.75 Å². The van der Waals surface area contributed by atoms with Gasteiger partial charge in [-0.05, 0) is 49.0 Å². The van der Waals surface area contributed by atoms with E-state index in [1.165, 1.54) is 18.1 Å². The van der Waals surface area contributed by atoms with Gasteiger partial charge in [0.1, 0.15) is 0 Å². The molecule has 0 aliphatic heterocycles. The molecule has 0 saturated heterocycles. The lowest BCUT2D eigenvalue weighted by Crippen LogP contribution is -2.37. The first-order valence-corrected chi connectivity index (χ1v) is 9.05. The van der Waals surface area contributed by atoms with Crippen molar-refractivity contribution in [3.63, 3.8) is 0 Å².